The van der Waals surface area contributed by atoms with Gasteiger partial charge in [0.15, 0.2) is 0 Å². The lowest BCUT2D eigenvalue weighted by molar-refractivity contribution is -0.149. The summed E-state index contributed by atoms with van der Waals surface area (Å²) in [6, 6.07) is 0. The molecule has 1 fully saturated rings. The van der Waals surface area contributed by atoms with Gasteiger partial charge in [-0.05, 0) is 25.7 Å². The summed E-state index contributed by atoms with van der Waals surface area (Å²) in [5.41, 5.74) is -0.626. The first-order chi connectivity index (χ1) is 5.10. The average molecular weight is 158 g/mol. The van der Waals surface area contributed by atoms with E-state index >= 15 is 0 Å². The molecule has 0 spiro atoms. The Morgan fingerprint density at radius 3 is 2.55 bits per heavy atom. The molecule has 0 aliphatic heterocycles. The van der Waals surface area contributed by atoms with E-state index in [0.717, 1.165) is 0 Å². The minimum absolute atomic E-state index is 0.397. The van der Waals surface area contributed by atoms with Crippen molar-refractivity contribution in [3.63, 3.8) is 0 Å². The van der Waals surface area contributed by atoms with E-state index in [1.54, 1.807) is 0 Å². The van der Waals surface area contributed by atoms with Gasteiger partial charge in [-0.1, -0.05) is 6.92 Å². The molecule has 1 aliphatic carbocycles. The molecule has 1 aliphatic rings. The predicted octanol–water partition coefficient (Wildman–Crippen LogP) is 1.01. The number of hydrogen-bond donors (Lipinski definition) is 2. The molecule has 3 nitrogen and oxygen atoms in total. The first kappa shape index (κ1) is 8.53. The van der Waals surface area contributed by atoms with Gasteiger partial charge >= 0.3 is 5.97 Å². The van der Waals surface area contributed by atoms with Crippen molar-refractivity contribution < 1.29 is 15.0 Å². The minimum Gasteiger partial charge on any atom is -0.481 e. The van der Waals surface area contributed by atoms with E-state index in [0.29, 0.717) is 25.7 Å². The molecule has 2 atom stereocenters. The molecule has 0 aromatic rings. The molecular formula is C8H14O3. The fourth-order valence-electron chi connectivity index (χ4n) is 1.76. The first-order valence-corrected chi connectivity index (χ1v) is 4.02. The van der Waals surface area contributed by atoms with Crippen LogP contribution in [0.1, 0.15) is 32.6 Å². The number of carboxylic acid groups (broad SMARTS) is 1. The van der Waals surface area contributed by atoms with Gasteiger partial charge in [-0.2, -0.15) is 0 Å². The monoisotopic (exact) mass is 158 g/mol. The number of aliphatic hydroxyl groups excluding tert-OH is 1. The van der Waals surface area contributed by atoms with Crippen LogP contribution < -0.4 is 0 Å². The summed E-state index contributed by atoms with van der Waals surface area (Å²) in [5.74, 6) is -0.753. The van der Waals surface area contributed by atoms with Gasteiger partial charge in [0.1, 0.15) is 0 Å². The van der Waals surface area contributed by atoms with Crippen LogP contribution in [-0.4, -0.2) is 22.3 Å². The summed E-state index contributed by atoms with van der Waals surface area (Å²) in [6.07, 6.45) is 1.92. The lowest BCUT2D eigenvalue weighted by atomic mass is 9.83. The molecule has 0 unspecified atom stereocenters. The zero-order chi connectivity index (χ0) is 8.48. The third-order valence-electron chi connectivity index (χ3n) is 2.71. The van der Waals surface area contributed by atoms with Crippen LogP contribution in [0.3, 0.4) is 0 Å². The third kappa shape index (κ3) is 1.38. The molecule has 11 heavy (non-hydrogen) atoms. The van der Waals surface area contributed by atoms with Crippen LogP contribution in [0.4, 0.5) is 0 Å². The molecule has 0 aromatic carbocycles. The highest BCUT2D eigenvalue weighted by molar-refractivity contribution is 5.75. The van der Waals surface area contributed by atoms with Gasteiger partial charge in [0.2, 0.25) is 0 Å². The Bertz CT molecular complexity index is 167. The summed E-state index contributed by atoms with van der Waals surface area (Å²) in [4.78, 5) is 10.8. The second kappa shape index (κ2) is 2.81. The lowest BCUT2D eigenvalue weighted by Crippen LogP contribution is -2.27. The lowest BCUT2D eigenvalue weighted by Gasteiger charge is -2.20. The highest BCUT2D eigenvalue weighted by Gasteiger charge is 2.43. The second-order valence-corrected chi connectivity index (χ2v) is 3.34. The fourth-order valence-corrected chi connectivity index (χ4v) is 1.76. The van der Waals surface area contributed by atoms with Crippen LogP contribution in [0.5, 0.6) is 0 Å². The zero-order valence-electron chi connectivity index (χ0n) is 6.71. The largest absolute Gasteiger partial charge is 0.481 e. The number of hydrogen-bond acceptors (Lipinski definition) is 2. The van der Waals surface area contributed by atoms with Crippen molar-refractivity contribution >= 4 is 5.97 Å². The van der Waals surface area contributed by atoms with Crippen LogP contribution >= 0.6 is 0 Å². The molecule has 64 valence electrons. The molecule has 0 bridgehead atoms. The first-order valence-electron chi connectivity index (χ1n) is 4.02. The summed E-state index contributed by atoms with van der Waals surface area (Å²) < 4.78 is 0. The molecule has 0 aromatic heterocycles. The number of aliphatic hydroxyl groups is 1. The maximum atomic E-state index is 10.8. The van der Waals surface area contributed by atoms with Crippen molar-refractivity contribution in [2.75, 3.05) is 0 Å². The van der Waals surface area contributed by atoms with E-state index in [1.807, 2.05) is 6.92 Å². The molecule has 2 N–H and O–H groups in total. The average Bonchev–Trinajstić information content (AvgIpc) is 2.33. The molecule has 0 heterocycles. The van der Waals surface area contributed by atoms with Gasteiger partial charge in [0, 0.05) is 0 Å². The number of rotatable bonds is 2. The van der Waals surface area contributed by atoms with E-state index in [4.69, 9.17) is 5.11 Å². The molecule has 1 saturated carbocycles. The highest BCUT2D eigenvalue weighted by Crippen LogP contribution is 2.41. The quantitative estimate of drug-likeness (QED) is 0.630. The molecule has 0 saturated heterocycles. The minimum atomic E-state index is -0.753. The van der Waals surface area contributed by atoms with Crippen molar-refractivity contribution in [2.24, 2.45) is 5.41 Å². The van der Waals surface area contributed by atoms with Crippen LogP contribution in [0, 0.1) is 5.41 Å². The molecule has 1 rings (SSSR count). The molecule has 3 heteroatoms. The van der Waals surface area contributed by atoms with Crippen molar-refractivity contribution in [3.8, 4) is 0 Å². The van der Waals surface area contributed by atoms with Gasteiger partial charge in [-0.3, -0.25) is 4.79 Å². The van der Waals surface area contributed by atoms with E-state index < -0.39 is 17.5 Å². The Morgan fingerprint density at radius 1 is 1.73 bits per heavy atom. The molecular weight excluding hydrogens is 144 g/mol. The van der Waals surface area contributed by atoms with E-state index in [-0.39, 0.29) is 0 Å². The Hall–Kier alpha value is -0.570. The summed E-state index contributed by atoms with van der Waals surface area (Å²) in [6.45, 7) is 1.87. The van der Waals surface area contributed by atoms with Gasteiger partial charge < -0.3 is 10.2 Å². The van der Waals surface area contributed by atoms with Gasteiger partial charge in [0.05, 0.1) is 11.5 Å². The van der Waals surface area contributed by atoms with Crippen molar-refractivity contribution in [1.29, 1.82) is 0 Å². The Labute approximate surface area is 66.0 Å². The van der Waals surface area contributed by atoms with Crippen LogP contribution in [0.25, 0.3) is 0 Å². The number of carbonyl (C=O) groups is 1. The standard InChI is InChI=1S/C8H14O3/c1-2-8(7(10)11)4-3-6(9)5-8/h6,9H,2-5H2,1H3,(H,10,11)/t6-,8+/m1/s1. The zero-order valence-corrected chi connectivity index (χ0v) is 6.71. The second-order valence-electron chi connectivity index (χ2n) is 3.34. The topological polar surface area (TPSA) is 57.5 Å². The van der Waals surface area contributed by atoms with Crippen LogP contribution in [-0.2, 0) is 4.79 Å². The highest BCUT2D eigenvalue weighted by atomic mass is 16.4. The van der Waals surface area contributed by atoms with Gasteiger partial charge in [-0.15, -0.1) is 0 Å². The van der Waals surface area contributed by atoms with Crippen molar-refractivity contribution in [2.45, 2.75) is 38.7 Å². The summed E-state index contributed by atoms with van der Waals surface area (Å²) in [7, 11) is 0. The SMILES string of the molecule is CC[C@]1(C(=O)O)CC[C@@H](O)C1. The normalized spacial score (nSPS) is 37.5. The molecule has 0 amide bonds. The third-order valence-corrected chi connectivity index (χ3v) is 2.71. The smallest absolute Gasteiger partial charge is 0.309 e. The van der Waals surface area contributed by atoms with Crippen LogP contribution in [0.15, 0.2) is 0 Å². The van der Waals surface area contributed by atoms with E-state index in [2.05, 4.69) is 0 Å². The fraction of sp³-hybridized carbons (Fsp3) is 0.875. The van der Waals surface area contributed by atoms with E-state index in [1.165, 1.54) is 0 Å². The van der Waals surface area contributed by atoms with E-state index in [9.17, 15) is 9.90 Å². The number of carboxylic acids is 1. The van der Waals surface area contributed by atoms with Crippen molar-refractivity contribution in [1.82, 2.24) is 0 Å². The van der Waals surface area contributed by atoms with Crippen LogP contribution in [0.2, 0.25) is 0 Å². The Kier molecular flexibility index (Phi) is 2.18. The predicted molar refractivity (Wildman–Crippen MR) is 40.2 cm³/mol. The summed E-state index contributed by atoms with van der Waals surface area (Å²) in [5, 5.41) is 18.1. The number of aliphatic carboxylic acids is 1. The Balaban J connectivity index is 2.70. The maximum Gasteiger partial charge on any atom is 0.309 e. The maximum absolute atomic E-state index is 10.8. The van der Waals surface area contributed by atoms with Gasteiger partial charge in [0.25, 0.3) is 0 Å². The summed E-state index contributed by atoms with van der Waals surface area (Å²) >= 11 is 0. The Morgan fingerprint density at radius 2 is 2.36 bits per heavy atom. The van der Waals surface area contributed by atoms with Gasteiger partial charge in [-0.25, -0.2) is 0 Å². The molecule has 0 radical (unpaired) electrons. The van der Waals surface area contributed by atoms with Crippen molar-refractivity contribution in [3.05, 3.63) is 0 Å².